The van der Waals surface area contributed by atoms with Crippen LogP contribution in [0.25, 0.3) is 16.5 Å². The molecule has 25 heavy (non-hydrogen) atoms. The van der Waals surface area contributed by atoms with E-state index in [9.17, 15) is 0 Å². The van der Waals surface area contributed by atoms with Gasteiger partial charge in [0.15, 0.2) is 0 Å². The van der Waals surface area contributed by atoms with Gasteiger partial charge in [-0.15, -0.1) is 0 Å². The van der Waals surface area contributed by atoms with Gasteiger partial charge in [-0.25, -0.2) is 0 Å². The monoisotopic (exact) mass is 424 g/mol. The van der Waals surface area contributed by atoms with Crippen LogP contribution < -0.4 is 24.8 Å². The van der Waals surface area contributed by atoms with Gasteiger partial charge in [-0.3, -0.25) is 0 Å². The summed E-state index contributed by atoms with van der Waals surface area (Å²) in [5.41, 5.74) is 4.56. The normalized spacial score (nSPS) is 18.3. The van der Waals surface area contributed by atoms with Gasteiger partial charge in [-0.05, 0) is 0 Å². The van der Waals surface area contributed by atoms with Crippen LogP contribution >= 0.6 is 11.6 Å². The molecule has 1 aliphatic rings. The average Bonchev–Trinajstić information content (AvgIpc) is 2.98. The molecule has 1 aliphatic carbocycles. The topological polar surface area (TPSA) is 12.9 Å². The first-order valence-electron chi connectivity index (χ1n) is 7.38. The van der Waals surface area contributed by atoms with E-state index in [1.54, 1.807) is 0 Å². The van der Waals surface area contributed by atoms with Gasteiger partial charge in [-0.2, -0.15) is 0 Å². The number of allylic oxidation sites excluding steroid dienone is 4. The molecule has 125 valence electrons. The summed E-state index contributed by atoms with van der Waals surface area (Å²) in [5.74, 6) is 0. The number of aromatic nitrogens is 1. The minimum Gasteiger partial charge on any atom is -1.00 e. The first-order chi connectivity index (χ1) is 11.2. The summed E-state index contributed by atoms with van der Waals surface area (Å²) in [7, 11) is 0. The third kappa shape index (κ3) is 3.80. The summed E-state index contributed by atoms with van der Waals surface area (Å²) in [6.45, 7) is 0. The summed E-state index contributed by atoms with van der Waals surface area (Å²) in [6.07, 6.45) is 8.44. The Balaban J connectivity index is 0.00000113. The molecule has 1 atom stereocenters. The number of pyridine rings is 1. The van der Waals surface area contributed by atoms with E-state index in [1.165, 1.54) is 11.1 Å². The zero-order chi connectivity index (χ0) is 15.9. The van der Waals surface area contributed by atoms with Crippen LogP contribution in [0.15, 0.2) is 79.0 Å². The number of fused-ring (bicyclic) bond motifs is 1. The molecule has 0 aliphatic heterocycles. The van der Waals surface area contributed by atoms with Crippen molar-refractivity contribution in [3.05, 3.63) is 95.2 Å². The zero-order valence-corrected chi connectivity index (χ0v) is 16.5. The van der Waals surface area contributed by atoms with Crippen molar-refractivity contribution >= 4 is 28.1 Å². The molecule has 2 aromatic carbocycles. The van der Waals surface area contributed by atoms with E-state index in [2.05, 4.69) is 63.8 Å². The quantitative estimate of drug-likeness (QED) is 0.529. The van der Waals surface area contributed by atoms with Crippen molar-refractivity contribution in [2.75, 3.05) is 0 Å². The van der Waals surface area contributed by atoms with E-state index in [0.29, 0.717) is 0 Å². The summed E-state index contributed by atoms with van der Waals surface area (Å²) in [5, 5.41) is 1.91. The number of hydrogen-bond donors (Lipinski definition) is 0. The number of nitrogens with zero attached hydrogens (tertiary/aromatic N) is 1. The third-order valence-corrected chi connectivity index (χ3v) is 5.10. The van der Waals surface area contributed by atoms with Gasteiger partial charge < -0.3 is 24.8 Å². The number of para-hydroxylation sites is 1. The molecule has 0 bridgehead atoms. The molecule has 0 amide bonds. The minimum atomic E-state index is -0.275. The van der Waals surface area contributed by atoms with Gasteiger partial charge in [0.2, 0.25) is 0 Å². The molecule has 3 aromatic rings. The maximum atomic E-state index is 5.98. The van der Waals surface area contributed by atoms with Gasteiger partial charge in [0.1, 0.15) is 0 Å². The smallest absolute Gasteiger partial charge is 1.00 e. The molecular weight excluding hydrogens is 413 g/mol. The summed E-state index contributed by atoms with van der Waals surface area (Å²) >= 11 is 9.33. The largest absolute Gasteiger partial charge is 1.00 e. The summed E-state index contributed by atoms with van der Waals surface area (Å²) in [6, 6.07) is 18.3. The van der Waals surface area contributed by atoms with Crippen molar-refractivity contribution in [2.45, 2.75) is 4.28 Å². The molecule has 1 unspecified atom stereocenters. The Morgan fingerprint density at radius 2 is 1.64 bits per heavy atom. The molecule has 0 spiro atoms. The van der Waals surface area contributed by atoms with E-state index in [1.807, 2.05) is 36.5 Å². The van der Waals surface area contributed by atoms with Crippen molar-refractivity contribution in [2.24, 2.45) is 0 Å². The van der Waals surface area contributed by atoms with Crippen LogP contribution in [0.5, 0.6) is 0 Å². The van der Waals surface area contributed by atoms with Crippen molar-refractivity contribution < 1.29 is 41.1 Å². The van der Waals surface area contributed by atoms with Crippen LogP contribution in [0.2, 0.25) is 5.02 Å². The fourth-order valence-electron chi connectivity index (χ4n) is 2.95. The van der Waals surface area contributed by atoms with Gasteiger partial charge in [0.25, 0.3) is 0 Å². The molecule has 1 nitrogen and oxygen atoms in total. The second-order valence-electron chi connectivity index (χ2n) is 5.61. The Labute approximate surface area is 173 Å². The number of rotatable bonds is 2. The zero-order valence-electron chi connectivity index (χ0n) is 13.0. The number of halogens is 3. The maximum absolute atomic E-state index is 5.98. The fourth-order valence-corrected chi connectivity index (χ4v) is 3.64. The predicted molar refractivity (Wildman–Crippen MR) is 92.0 cm³/mol. The first kappa shape index (κ1) is 20.0. The Kier molecular flexibility index (Phi) is 6.38. The van der Waals surface area contributed by atoms with Gasteiger partial charge in [-0.1, -0.05) is 0 Å². The third-order valence-electron chi connectivity index (χ3n) is 4.11. The Bertz CT molecular complexity index is 945. The molecule has 0 saturated carbocycles. The van der Waals surface area contributed by atoms with Gasteiger partial charge in [0, 0.05) is 0 Å². The van der Waals surface area contributed by atoms with Crippen molar-refractivity contribution in [1.29, 1.82) is 0 Å². The number of benzene rings is 2. The van der Waals surface area contributed by atoms with Crippen molar-refractivity contribution in [1.82, 2.24) is 4.98 Å². The molecule has 4 rings (SSSR count). The van der Waals surface area contributed by atoms with E-state index in [0.717, 1.165) is 21.5 Å². The van der Waals surface area contributed by atoms with E-state index in [-0.39, 0.29) is 29.1 Å². The maximum Gasteiger partial charge on any atom is -1.00 e. The molecule has 0 fully saturated rings. The van der Waals surface area contributed by atoms with E-state index < -0.39 is 0 Å². The van der Waals surface area contributed by atoms with Crippen LogP contribution in [-0.2, 0) is 20.6 Å². The fraction of sp³-hybridized carbons (Fsp3) is 0.0500. The van der Waals surface area contributed by atoms with Crippen LogP contribution in [-0.4, -0.2) is 4.98 Å². The van der Waals surface area contributed by atoms with Gasteiger partial charge >= 0.3 is 149 Å². The first-order valence-corrected chi connectivity index (χ1v) is 8.40. The molecule has 0 saturated heterocycles. The molecule has 0 N–H and O–H groups in total. The number of hydrogen-bond acceptors (Lipinski definition) is 1. The van der Waals surface area contributed by atoms with Crippen LogP contribution in [0, 0.1) is 0 Å². The standard InChI is InChI=1S/C20H13ClN.2ClH.Cr/c21-18-10-8-14(9-11-18)16-6-7-17(13-16)19-5-1-3-15-4-2-12-22-20(15)19;;;/h1-13H;2*1H;/q;;;+2/p-2. The molecular formula is C20H13Cl3CrN. The Hall–Kier alpha value is -1.27. The molecule has 1 heterocycles. The molecule has 0 radical (unpaired) electrons. The Morgan fingerprint density at radius 3 is 2.40 bits per heavy atom. The molecule has 5 heteroatoms. The van der Waals surface area contributed by atoms with Crippen molar-refractivity contribution in [3.8, 4) is 0 Å². The second-order valence-corrected chi connectivity index (χ2v) is 7.11. The van der Waals surface area contributed by atoms with Crippen LogP contribution in [0.3, 0.4) is 0 Å². The van der Waals surface area contributed by atoms with Crippen LogP contribution in [0.1, 0.15) is 11.1 Å². The van der Waals surface area contributed by atoms with Crippen molar-refractivity contribution in [3.63, 3.8) is 0 Å². The van der Waals surface area contributed by atoms with Crippen LogP contribution in [0.4, 0.5) is 0 Å². The molecule has 1 aromatic heterocycles. The van der Waals surface area contributed by atoms with E-state index >= 15 is 0 Å². The summed E-state index contributed by atoms with van der Waals surface area (Å²) < 4.78 is -0.275. The summed E-state index contributed by atoms with van der Waals surface area (Å²) in [4.78, 5) is 4.58. The Morgan fingerprint density at radius 1 is 0.920 bits per heavy atom. The second kappa shape index (κ2) is 7.96. The predicted octanol–water partition coefficient (Wildman–Crippen LogP) is -0.708. The average molecular weight is 426 g/mol. The van der Waals surface area contributed by atoms with Gasteiger partial charge in [0.05, 0.1) is 0 Å². The van der Waals surface area contributed by atoms with E-state index in [4.69, 9.17) is 11.6 Å². The minimum absolute atomic E-state index is 0. The SMILES string of the molecule is Clc1ccc(C2=C[C]([Cr+2])(c3cccc4cccnc34)C=C2)cc1.[Cl-].[Cl-].